The summed E-state index contributed by atoms with van der Waals surface area (Å²) >= 11 is 1.51. The second kappa shape index (κ2) is 5.04. The molecular formula is C12H13N5O2S. The normalized spacial score (nSPS) is 14.9. The lowest BCUT2D eigenvalue weighted by Gasteiger charge is -2.12. The third-order valence-corrected chi connectivity index (χ3v) is 3.76. The van der Waals surface area contributed by atoms with Crippen LogP contribution in [0.5, 0.6) is 0 Å². The Morgan fingerprint density at radius 2 is 2.30 bits per heavy atom. The SMILES string of the molecule is CCNc1nc(CN2C(=O)CNC2=O)nc2sccc12. The van der Waals surface area contributed by atoms with Gasteiger partial charge in [0.2, 0.25) is 5.91 Å². The van der Waals surface area contributed by atoms with E-state index in [1.165, 1.54) is 11.3 Å². The highest BCUT2D eigenvalue weighted by Crippen LogP contribution is 2.25. The van der Waals surface area contributed by atoms with E-state index in [0.29, 0.717) is 5.82 Å². The van der Waals surface area contributed by atoms with Crippen LogP contribution in [0, 0.1) is 0 Å². The summed E-state index contributed by atoms with van der Waals surface area (Å²) in [5, 5.41) is 8.55. The van der Waals surface area contributed by atoms with Gasteiger partial charge in [-0.25, -0.2) is 14.8 Å². The highest BCUT2D eigenvalue weighted by Gasteiger charge is 2.29. The second-order valence-electron chi connectivity index (χ2n) is 4.30. The summed E-state index contributed by atoms with van der Waals surface area (Å²) in [7, 11) is 0. The van der Waals surface area contributed by atoms with Gasteiger partial charge in [0.15, 0.2) is 5.82 Å². The van der Waals surface area contributed by atoms with Gasteiger partial charge in [0.1, 0.15) is 10.6 Å². The van der Waals surface area contributed by atoms with Crippen molar-refractivity contribution in [1.29, 1.82) is 0 Å². The Morgan fingerprint density at radius 3 is 3.00 bits per heavy atom. The van der Waals surface area contributed by atoms with Gasteiger partial charge >= 0.3 is 6.03 Å². The predicted molar refractivity (Wildman–Crippen MR) is 75.5 cm³/mol. The van der Waals surface area contributed by atoms with Gasteiger partial charge in [-0.15, -0.1) is 11.3 Å². The molecule has 0 saturated carbocycles. The molecule has 1 aliphatic heterocycles. The third kappa shape index (κ3) is 2.18. The Labute approximate surface area is 119 Å². The molecule has 0 aliphatic carbocycles. The first kappa shape index (κ1) is 12.8. The summed E-state index contributed by atoms with van der Waals surface area (Å²) in [6.07, 6.45) is 0. The Kier molecular flexibility index (Phi) is 3.23. The first-order valence-electron chi connectivity index (χ1n) is 6.25. The topological polar surface area (TPSA) is 87.2 Å². The number of imide groups is 1. The summed E-state index contributed by atoms with van der Waals surface area (Å²) in [5.41, 5.74) is 0. The summed E-state index contributed by atoms with van der Waals surface area (Å²) < 4.78 is 0. The van der Waals surface area contributed by atoms with Crippen molar-refractivity contribution in [2.24, 2.45) is 0 Å². The lowest BCUT2D eigenvalue weighted by atomic mass is 10.3. The van der Waals surface area contributed by atoms with Gasteiger partial charge in [-0.1, -0.05) is 0 Å². The van der Waals surface area contributed by atoms with Crippen LogP contribution in [-0.2, 0) is 11.3 Å². The fraction of sp³-hybridized carbons (Fsp3) is 0.333. The second-order valence-corrected chi connectivity index (χ2v) is 5.19. The highest BCUT2D eigenvalue weighted by atomic mass is 32.1. The Hall–Kier alpha value is -2.22. The molecule has 3 rings (SSSR count). The molecule has 0 radical (unpaired) electrons. The molecule has 0 atom stereocenters. The zero-order valence-corrected chi connectivity index (χ0v) is 11.7. The molecular weight excluding hydrogens is 278 g/mol. The third-order valence-electron chi connectivity index (χ3n) is 2.95. The van der Waals surface area contributed by atoms with Gasteiger partial charge in [-0.2, -0.15) is 0 Å². The van der Waals surface area contributed by atoms with Crippen molar-refractivity contribution in [1.82, 2.24) is 20.2 Å². The first-order valence-corrected chi connectivity index (χ1v) is 7.13. The number of aromatic nitrogens is 2. The number of thiophene rings is 1. The number of carbonyl (C=O) groups is 2. The van der Waals surface area contributed by atoms with Crippen molar-refractivity contribution >= 4 is 39.3 Å². The minimum Gasteiger partial charge on any atom is -0.370 e. The number of hydrogen-bond donors (Lipinski definition) is 2. The van der Waals surface area contributed by atoms with Crippen LogP contribution < -0.4 is 10.6 Å². The van der Waals surface area contributed by atoms with Crippen molar-refractivity contribution in [3.63, 3.8) is 0 Å². The van der Waals surface area contributed by atoms with Crippen LogP contribution in [-0.4, -0.2) is 39.9 Å². The lowest BCUT2D eigenvalue weighted by molar-refractivity contribution is -0.125. The standard InChI is InChI=1S/C12H13N5O2S/c1-2-13-10-7-3-4-20-11(7)16-8(15-10)6-17-9(18)5-14-12(17)19/h3-4H,2,5-6H2,1H3,(H,14,19)(H,13,15,16). The molecule has 2 aromatic rings. The molecule has 2 aromatic heterocycles. The molecule has 1 aliphatic rings. The zero-order chi connectivity index (χ0) is 14.1. The number of urea groups is 1. The fourth-order valence-electron chi connectivity index (χ4n) is 2.03. The van der Waals surface area contributed by atoms with E-state index in [1.807, 2.05) is 18.4 Å². The largest absolute Gasteiger partial charge is 0.370 e. The molecule has 0 unspecified atom stereocenters. The zero-order valence-electron chi connectivity index (χ0n) is 10.8. The van der Waals surface area contributed by atoms with E-state index in [0.717, 1.165) is 27.5 Å². The average molecular weight is 291 g/mol. The number of nitrogens with one attached hydrogen (secondary N) is 2. The molecule has 104 valence electrons. The summed E-state index contributed by atoms with van der Waals surface area (Å²) in [6.45, 7) is 2.86. The maximum absolute atomic E-state index is 11.6. The maximum atomic E-state index is 11.6. The van der Waals surface area contributed by atoms with E-state index in [4.69, 9.17) is 0 Å². The van der Waals surface area contributed by atoms with Crippen LogP contribution >= 0.6 is 11.3 Å². The monoisotopic (exact) mass is 291 g/mol. The molecule has 2 N–H and O–H groups in total. The van der Waals surface area contributed by atoms with Crippen molar-refractivity contribution in [3.05, 3.63) is 17.3 Å². The van der Waals surface area contributed by atoms with E-state index >= 15 is 0 Å². The van der Waals surface area contributed by atoms with E-state index in [2.05, 4.69) is 20.6 Å². The van der Waals surface area contributed by atoms with Gasteiger partial charge in [-0.3, -0.25) is 9.69 Å². The van der Waals surface area contributed by atoms with Crippen LogP contribution in [0.2, 0.25) is 0 Å². The molecule has 7 nitrogen and oxygen atoms in total. The van der Waals surface area contributed by atoms with Gasteiger partial charge in [0.05, 0.1) is 18.5 Å². The van der Waals surface area contributed by atoms with E-state index < -0.39 is 6.03 Å². The van der Waals surface area contributed by atoms with Crippen molar-refractivity contribution in [2.45, 2.75) is 13.5 Å². The molecule has 3 heterocycles. The minimum atomic E-state index is -0.394. The van der Waals surface area contributed by atoms with Crippen LogP contribution in [0.25, 0.3) is 10.2 Å². The van der Waals surface area contributed by atoms with E-state index in [9.17, 15) is 9.59 Å². The van der Waals surface area contributed by atoms with Gasteiger partial charge in [0.25, 0.3) is 0 Å². The molecule has 0 aromatic carbocycles. The molecule has 0 bridgehead atoms. The fourth-order valence-corrected chi connectivity index (χ4v) is 2.81. The summed E-state index contributed by atoms with van der Waals surface area (Å²) in [4.78, 5) is 33.9. The number of amides is 3. The quantitative estimate of drug-likeness (QED) is 0.826. The molecule has 1 saturated heterocycles. The maximum Gasteiger partial charge on any atom is 0.325 e. The Bertz CT molecular complexity index is 668. The Balaban J connectivity index is 1.95. The smallest absolute Gasteiger partial charge is 0.325 e. The van der Waals surface area contributed by atoms with Gasteiger partial charge in [-0.05, 0) is 18.4 Å². The molecule has 20 heavy (non-hydrogen) atoms. The average Bonchev–Trinajstić information content (AvgIpc) is 3.01. The van der Waals surface area contributed by atoms with Crippen LogP contribution in [0.1, 0.15) is 12.7 Å². The molecule has 0 spiro atoms. The van der Waals surface area contributed by atoms with Crippen molar-refractivity contribution in [2.75, 3.05) is 18.4 Å². The predicted octanol–water partition coefficient (Wildman–Crippen LogP) is 1.17. The minimum absolute atomic E-state index is 0.0418. The highest BCUT2D eigenvalue weighted by molar-refractivity contribution is 7.16. The van der Waals surface area contributed by atoms with Crippen molar-refractivity contribution < 1.29 is 9.59 Å². The van der Waals surface area contributed by atoms with Crippen molar-refractivity contribution in [3.8, 4) is 0 Å². The number of rotatable bonds is 4. The van der Waals surface area contributed by atoms with Crippen LogP contribution in [0.3, 0.4) is 0 Å². The molecule has 1 fully saturated rings. The Morgan fingerprint density at radius 1 is 1.45 bits per heavy atom. The first-order chi connectivity index (χ1) is 9.69. The number of carbonyl (C=O) groups excluding carboxylic acids is 2. The summed E-state index contributed by atoms with van der Waals surface area (Å²) in [6, 6.07) is 1.56. The molecule has 8 heteroatoms. The van der Waals surface area contributed by atoms with Crippen LogP contribution in [0.4, 0.5) is 10.6 Å². The van der Waals surface area contributed by atoms with Crippen LogP contribution in [0.15, 0.2) is 11.4 Å². The number of nitrogens with zero attached hydrogens (tertiary/aromatic N) is 3. The number of fused-ring (bicyclic) bond motifs is 1. The van der Waals surface area contributed by atoms with E-state index in [-0.39, 0.29) is 19.0 Å². The van der Waals surface area contributed by atoms with E-state index in [1.54, 1.807) is 0 Å². The lowest BCUT2D eigenvalue weighted by Crippen LogP contribution is -2.31. The number of anilines is 1. The summed E-state index contributed by atoms with van der Waals surface area (Å²) in [5.74, 6) is 0.942. The molecule has 3 amide bonds. The van der Waals surface area contributed by atoms with Gasteiger partial charge in [0, 0.05) is 6.54 Å². The van der Waals surface area contributed by atoms with Gasteiger partial charge < -0.3 is 10.6 Å². The number of hydrogen-bond acceptors (Lipinski definition) is 6.